The van der Waals surface area contributed by atoms with Crippen LogP contribution in [0.1, 0.15) is 27.7 Å². The number of carbonyl (C=O) groups is 3. The first-order valence-electron chi connectivity index (χ1n) is 6.79. The molecule has 2 atom stereocenters. The van der Waals surface area contributed by atoms with Gasteiger partial charge in [-0.05, 0) is 20.8 Å². The Morgan fingerprint density at radius 1 is 1.41 bits per heavy atom. The van der Waals surface area contributed by atoms with Crippen molar-refractivity contribution in [3.63, 3.8) is 0 Å². The quantitative estimate of drug-likeness (QED) is 0.575. The molecular formula is C14H18FNO5S. The van der Waals surface area contributed by atoms with Crippen LogP contribution in [0, 0.1) is 0 Å². The highest BCUT2D eigenvalue weighted by Gasteiger charge is 2.54. The number of nitrogens with zero attached hydrogens (tertiary/aromatic N) is 1. The van der Waals surface area contributed by atoms with Crippen LogP contribution in [0.25, 0.3) is 0 Å². The Morgan fingerprint density at radius 2 is 2.05 bits per heavy atom. The molecule has 22 heavy (non-hydrogen) atoms. The van der Waals surface area contributed by atoms with Gasteiger partial charge in [0.05, 0.1) is 0 Å². The number of ether oxygens (including phenoxy) is 2. The Bertz CT molecular complexity index is 554. The van der Waals surface area contributed by atoms with Gasteiger partial charge in [0, 0.05) is 18.2 Å². The average Bonchev–Trinajstić information content (AvgIpc) is 2.41. The highest BCUT2D eigenvalue weighted by molar-refractivity contribution is 8.00. The van der Waals surface area contributed by atoms with E-state index in [-0.39, 0.29) is 12.3 Å². The molecule has 0 aromatic carbocycles. The molecule has 0 bridgehead atoms. The summed E-state index contributed by atoms with van der Waals surface area (Å²) in [7, 11) is 0. The second-order valence-corrected chi connectivity index (χ2v) is 7.15. The second-order valence-electron chi connectivity index (χ2n) is 6.05. The smallest absolute Gasteiger partial charge is 0.355 e. The third kappa shape index (κ3) is 3.26. The molecule has 0 N–H and O–H groups in total. The fourth-order valence-electron chi connectivity index (χ4n) is 2.12. The normalized spacial score (nSPS) is 24.6. The number of hydrogen-bond donors (Lipinski definition) is 0. The summed E-state index contributed by atoms with van der Waals surface area (Å²) in [5.74, 6) is -1.67. The molecule has 1 amide bonds. The van der Waals surface area contributed by atoms with Gasteiger partial charge in [-0.15, -0.1) is 11.8 Å². The number of esters is 2. The first kappa shape index (κ1) is 16.8. The van der Waals surface area contributed by atoms with Crippen molar-refractivity contribution in [2.75, 3.05) is 12.4 Å². The van der Waals surface area contributed by atoms with E-state index in [0.29, 0.717) is 11.3 Å². The molecule has 2 aliphatic rings. The summed E-state index contributed by atoms with van der Waals surface area (Å²) in [4.78, 5) is 36.2. The Balaban J connectivity index is 2.30. The van der Waals surface area contributed by atoms with Gasteiger partial charge in [-0.3, -0.25) is 14.5 Å². The van der Waals surface area contributed by atoms with Crippen LogP contribution in [-0.4, -0.2) is 52.3 Å². The Labute approximate surface area is 132 Å². The zero-order valence-corrected chi connectivity index (χ0v) is 13.7. The molecule has 8 heteroatoms. The lowest BCUT2D eigenvalue weighted by Gasteiger charge is -2.46. The lowest BCUT2D eigenvalue weighted by Crippen LogP contribution is -2.63. The van der Waals surface area contributed by atoms with E-state index in [4.69, 9.17) is 9.47 Å². The molecule has 2 heterocycles. The summed E-state index contributed by atoms with van der Waals surface area (Å²) >= 11 is 1.20. The third-order valence-corrected chi connectivity index (χ3v) is 4.33. The number of fused-ring (bicyclic) bond motifs is 1. The van der Waals surface area contributed by atoms with E-state index in [0.717, 1.165) is 4.90 Å². The van der Waals surface area contributed by atoms with Crippen LogP contribution in [0.15, 0.2) is 11.3 Å². The van der Waals surface area contributed by atoms with Crippen LogP contribution in [0.4, 0.5) is 4.39 Å². The van der Waals surface area contributed by atoms with Gasteiger partial charge in [-0.1, -0.05) is 0 Å². The number of amides is 1. The number of hydrogen-bond acceptors (Lipinski definition) is 6. The second kappa shape index (κ2) is 5.91. The average molecular weight is 331 g/mol. The van der Waals surface area contributed by atoms with Crippen molar-refractivity contribution in [1.82, 2.24) is 4.90 Å². The molecular weight excluding hydrogens is 313 g/mol. The molecule has 0 saturated carbocycles. The van der Waals surface area contributed by atoms with Gasteiger partial charge in [0.2, 0.25) is 6.17 Å². The van der Waals surface area contributed by atoms with Crippen molar-refractivity contribution in [3.05, 3.63) is 11.3 Å². The maximum Gasteiger partial charge on any atom is 0.355 e. The number of rotatable bonds is 3. The van der Waals surface area contributed by atoms with Crippen LogP contribution >= 0.6 is 11.8 Å². The Hall–Kier alpha value is -1.57. The molecule has 0 aromatic heterocycles. The number of halogens is 1. The van der Waals surface area contributed by atoms with E-state index in [1.54, 1.807) is 20.8 Å². The number of β-lactam (4-membered cyclic amide) rings is 1. The van der Waals surface area contributed by atoms with E-state index >= 15 is 0 Å². The SMILES string of the molecule is CC(=O)OCC1=C(C(=O)OC(C)(C)C)N2C(=O)[C@@H](F)C2SC1. The third-order valence-electron chi connectivity index (χ3n) is 3.02. The molecule has 1 saturated heterocycles. The van der Waals surface area contributed by atoms with Crippen LogP contribution in [0.5, 0.6) is 0 Å². The van der Waals surface area contributed by atoms with Gasteiger partial charge >= 0.3 is 11.9 Å². The van der Waals surface area contributed by atoms with Gasteiger partial charge in [0.25, 0.3) is 5.91 Å². The van der Waals surface area contributed by atoms with E-state index < -0.39 is 35.0 Å². The van der Waals surface area contributed by atoms with Gasteiger partial charge in [-0.2, -0.15) is 0 Å². The maximum atomic E-state index is 13.6. The van der Waals surface area contributed by atoms with Gasteiger partial charge in [0.15, 0.2) is 0 Å². The first-order chi connectivity index (χ1) is 10.1. The van der Waals surface area contributed by atoms with Crippen molar-refractivity contribution in [1.29, 1.82) is 0 Å². The van der Waals surface area contributed by atoms with Gasteiger partial charge in [-0.25, -0.2) is 9.18 Å². The lowest BCUT2D eigenvalue weighted by atomic mass is 10.1. The van der Waals surface area contributed by atoms with Gasteiger partial charge in [0.1, 0.15) is 23.3 Å². The number of thioether (sulfide) groups is 1. The number of carbonyl (C=O) groups excluding carboxylic acids is 3. The lowest BCUT2D eigenvalue weighted by molar-refractivity contribution is -0.161. The van der Waals surface area contributed by atoms with E-state index in [1.165, 1.54) is 18.7 Å². The minimum Gasteiger partial charge on any atom is -0.461 e. The minimum atomic E-state index is -1.61. The number of alkyl halides is 1. The monoisotopic (exact) mass is 331 g/mol. The van der Waals surface area contributed by atoms with Crippen molar-refractivity contribution >= 4 is 29.6 Å². The maximum absolute atomic E-state index is 13.6. The molecule has 0 aromatic rings. The Morgan fingerprint density at radius 3 is 2.59 bits per heavy atom. The molecule has 1 fully saturated rings. The molecule has 122 valence electrons. The van der Waals surface area contributed by atoms with Crippen molar-refractivity contribution < 1.29 is 28.2 Å². The largest absolute Gasteiger partial charge is 0.461 e. The Kier molecular flexibility index (Phi) is 4.51. The molecule has 1 unspecified atom stereocenters. The predicted molar refractivity (Wildman–Crippen MR) is 77.5 cm³/mol. The van der Waals surface area contributed by atoms with Crippen LogP contribution in [0.2, 0.25) is 0 Å². The molecule has 6 nitrogen and oxygen atoms in total. The summed E-state index contributed by atoms with van der Waals surface area (Å²) in [6.07, 6.45) is -1.61. The molecule has 0 aliphatic carbocycles. The molecule has 2 rings (SSSR count). The zero-order chi connectivity index (χ0) is 16.7. The fourth-order valence-corrected chi connectivity index (χ4v) is 3.35. The standard InChI is InChI=1S/C14H18FNO5S/c1-7(17)20-5-8-6-22-12-9(15)11(18)16(12)10(8)13(19)21-14(2,3)4/h9,12H,5-6H2,1-4H3/t9-,12?/m1/s1. The first-order valence-corrected chi connectivity index (χ1v) is 7.84. The molecule has 0 spiro atoms. The molecule has 0 radical (unpaired) electrons. The van der Waals surface area contributed by atoms with E-state index in [9.17, 15) is 18.8 Å². The summed E-state index contributed by atoms with van der Waals surface area (Å²) in [5.41, 5.74) is -0.301. The van der Waals surface area contributed by atoms with Crippen molar-refractivity contribution in [3.8, 4) is 0 Å². The summed E-state index contributed by atoms with van der Waals surface area (Å²) in [5, 5.41) is -0.712. The minimum absolute atomic E-state index is 0.00109. The summed E-state index contributed by atoms with van der Waals surface area (Å²) in [6.45, 7) is 6.22. The van der Waals surface area contributed by atoms with Gasteiger partial charge < -0.3 is 9.47 Å². The summed E-state index contributed by atoms with van der Waals surface area (Å²) < 4.78 is 23.8. The van der Waals surface area contributed by atoms with Crippen LogP contribution < -0.4 is 0 Å². The van der Waals surface area contributed by atoms with Crippen molar-refractivity contribution in [2.24, 2.45) is 0 Å². The molecule has 2 aliphatic heterocycles. The topological polar surface area (TPSA) is 72.9 Å². The summed E-state index contributed by atoms with van der Waals surface area (Å²) in [6, 6.07) is 0. The fraction of sp³-hybridized carbons (Fsp3) is 0.643. The predicted octanol–water partition coefficient (Wildman–Crippen LogP) is 1.40. The van der Waals surface area contributed by atoms with E-state index in [1.807, 2.05) is 0 Å². The van der Waals surface area contributed by atoms with Crippen LogP contribution in [-0.2, 0) is 23.9 Å². The zero-order valence-electron chi connectivity index (χ0n) is 12.8. The van der Waals surface area contributed by atoms with Crippen LogP contribution in [0.3, 0.4) is 0 Å². The van der Waals surface area contributed by atoms with E-state index in [2.05, 4.69) is 0 Å². The highest BCUT2D eigenvalue weighted by atomic mass is 32.2. The highest BCUT2D eigenvalue weighted by Crippen LogP contribution is 2.42. The van der Waals surface area contributed by atoms with Crippen molar-refractivity contribution in [2.45, 2.75) is 44.8 Å².